The molecule has 2 aromatic heterocycles. The van der Waals surface area contributed by atoms with E-state index in [0.717, 1.165) is 31.5 Å². The van der Waals surface area contributed by atoms with Gasteiger partial charge in [-0.25, -0.2) is 5.10 Å². The molecule has 3 rings (SSSR count). The second kappa shape index (κ2) is 13.7. The number of aromatic nitrogens is 3. The average molecular weight is 507 g/mol. The number of pyridine rings is 1. The molecule has 0 spiro atoms. The number of aryl methyl sites for hydroxylation is 1. The van der Waals surface area contributed by atoms with E-state index in [4.69, 9.17) is 5.26 Å². The van der Waals surface area contributed by atoms with Crippen molar-refractivity contribution in [2.24, 2.45) is 0 Å². The highest BCUT2D eigenvalue weighted by Crippen LogP contribution is 2.37. The van der Waals surface area contributed by atoms with Crippen LogP contribution < -0.4 is 10.9 Å². The smallest absolute Gasteiger partial charge is 0.342 e. The summed E-state index contributed by atoms with van der Waals surface area (Å²) in [6.45, 7) is 7.88. The molecule has 0 saturated heterocycles. The zero-order valence-corrected chi connectivity index (χ0v) is 20.9. The number of hydrogen-bond donors (Lipinski definition) is 2. The van der Waals surface area contributed by atoms with Crippen molar-refractivity contribution in [3.8, 4) is 6.07 Å². The molecule has 196 valence electrons. The summed E-state index contributed by atoms with van der Waals surface area (Å²) in [7, 11) is 0. The SMILES string of the molecule is CCCCN(CCC)C(=O)CNCC1CCc2c1n[nH]c(=O)c2C(F)(F)F.Cc1ccc(C#N)cn1. The van der Waals surface area contributed by atoms with Crippen molar-refractivity contribution in [3.63, 3.8) is 0 Å². The molecule has 1 aliphatic carbocycles. The Morgan fingerprint density at radius 2 is 2.03 bits per heavy atom. The number of carbonyl (C=O) groups is 1. The minimum Gasteiger partial charge on any atom is -0.342 e. The van der Waals surface area contributed by atoms with Crippen molar-refractivity contribution in [1.29, 1.82) is 5.26 Å². The van der Waals surface area contributed by atoms with E-state index in [1.165, 1.54) is 0 Å². The van der Waals surface area contributed by atoms with Gasteiger partial charge < -0.3 is 10.2 Å². The van der Waals surface area contributed by atoms with Crippen LogP contribution in [0.4, 0.5) is 13.2 Å². The lowest BCUT2D eigenvalue weighted by atomic mass is 10.1. The first-order valence-electron chi connectivity index (χ1n) is 12.1. The van der Waals surface area contributed by atoms with Crippen molar-refractivity contribution < 1.29 is 18.0 Å². The van der Waals surface area contributed by atoms with E-state index >= 15 is 0 Å². The van der Waals surface area contributed by atoms with Crippen LogP contribution in [0.2, 0.25) is 0 Å². The van der Waals surface area contributed by atoms with Crippen molar-refractivity contribution >= 4 is 5.91 Å². The molecule has 1 aliphatic rings. The van der Waals surface area contributed by atoms with Gasteiger partial charge in [0.25, 0.3) is 5.56 Å². The molecule has 0 aromatic carbocycles. The van der Waals surface area contributed by atoms with Gasteiger partial charge in [-0.05, 0) is 50.3 Å². The Balaban J connectivity index is 0.000000425. The number of unbranched alkanes of at least 4 members (excludes halogenated alkanes) is 1. The van der Waals surface area contributed by atoms with Gasteiger partial charge in [-0.3, -0.25) is 14.6 Å². The number of rotatable bonds is 9. The molecule has 36 heavy (non-hydrogen) atoms. The molecule has 8 nitrogen and oxygen atoms in total. The summed E-state index contributed by atoms with van der Waals surface area (Å²) in [6, 6.07) is 5.56. The Hall–Kier alpha value is -3.26. The summed E-state index contributed by atoms with van der Waals surface area (Å²) in [4.78, 5) is 29.6. The van der Waals surface area contributed by atoms with Gasteiger partial charge in [-0.15, -0.1) is 0 Å². The number of aromatic amines is 1. The van der Waals surface area contributed by atoms with Crippen LogP contribution in [-0.2, 0) is 17.4 Å². The Morgan fingerprint density at radius 3 is 2.61 bits per heavy atom. The number of halogens is 3. The zero-order chi connectivity index (χ0) is 26.7. The third kappa shape index (κ3) is 8.16. The van der Waals surface area contributed by atoms with E-state index in [1.807, 2.05) is 36.0 Å². The van der Waals surface area contributed by atoms with Gasteiger partial charge in [0.2, 0.25) is 5.91 Å². The first-order chi connectivity index (χ1) is 17.1. The fraction of sp³-hybridized carbons (Fsp3) is 0.560. The van der Waals surface area contributed by atoms with Gasteiger partial charge in [0.1, 0.15) is 11.6 Å². The lowest BCUT2D eigenvalue weighted by Crippen LogP contribution is -2.40. The second-order valence-electron chi connectivity index (χ2n) is 8.69. The lowest BCUT2D eigenvalue weighted by molar-refractivity contribution is -0.139. The first-order valence-corrected chi connectivity index (χ1v) is 12.1. The molecule has 1 unspecified atom stereocenters. The monoisotopic (exact) mass is 506 g/mol. The number of alkyl halides is 3. The van der Waals surface area contributed by atoms with Crippen LogP contribution in [0.3, 0.4) is 0 Å². The maximum absolute atomic E-state index is 13.1. The topological polar surface area (TPSA) is 115 Å². The standard InChI is InChI=1S/C18H27F3N4O2.C7H6N2/c1-3-5-9-25(8-4-2)14(26)11-22-10-12-6-7-13-15(18(19,20)21)17(27)24-23-16(12)13;1-6-2-3-7(4-8)5-9-6/h12,22H,3-11H2,1-2H3,(H,24,27);2-3,5H,1H3. The van der Waals surface area contributed by atoms with Crippen molar-refractivity contribution in [2.45, 2.75) is 65.0 Å². The number of nitrogens with zero attached hydrogens (tertiary/aromatic N) is 4. The minimum absolute atomic E-state index is 0.00562. The van der Waals surface area contributed by atoms with E-state index in [1.54, 1.807) is 12.3 Å². The summed E-state index contributed by atoms with van der Waals surface area (Å²) < 4.78 is 39.4. The van der Waals surface area contributed by atoms with Crippen molar-refractivity contribution in [1.82, 2.24) is 25.4 Å². The van der Waals surface area contributed by atoms with E-state index < -0.39 is 17.3 Å². The quantitative estimate of drug-likeness (QED) is 0.536. The van der Waals surface area contributed by atoms with Crippen LogP contribution in [0.15, 0.2) is 23.1 Å². The number of carbonyl (C=O) groups excluding carboxylic acids is 1. The summed E-state index contributed by atoms with van der Waals surface area (Å²) in [5.41, 5.74) is -0.524. The maximum Gasteiger partial charge on any atom is 0.422 e. The predicted octanol–water partition coefficient (Wildman–Crippen LogP) is 3.71. The second-order valence-corrected chi connectivity index (χ2v) is 8.69. The van der Waals surface area contributed by atoms with Crippen LogP contribution in [0.5, 0.6) is 0 Å². The van der Waals surface area contributed by atoms with Crippen LogP contribution in [0.25, 0.3) is 0 Å². The highest BCUT2D eigenvalue weighted by Gasteiger charge is 2.41. The van der Waals surface area contributed by atoms with E-state index in [2.05, 4.69) is 22.3 Å². The average Bonchev–Trinajstić information content (AvgIpc) is 3.24. The van der Waals surface area contributed by atoms with Crippen LogP contribution in [0.1, 0.15) is 73.5 Å². The molecular weight excluding hydrogens is 473 g/mol. The van der Waals surface area contributed by atoms with Gasteiger partial charge >= 0.3 is 6.18 Å². The molecule has 11 heteroatoms. The van der Waals surface area contributed by atoms with Gasteiger partial charge in [0, 0.05) is 37.4 Å². The number of fused-ring (bicyclic) bond motifs is 1. The molecular formula is C25H33F3N6O2. The molecule has 0 fully saturated rings. The highest BCUT2D eigenvalue weighted by molar-refractivity contribution is 5.78. The van der Waals surface area contributed by atoms with Gasteiger partial charge in [0.15, 0.2) is 0 Å². The lowest BCUT2D eigenvalue weighted by Gasteiger charge is -2.22. The summed E-state index contributed by atoms with van der Waals surface area (Å²) in [6.07, 6.45) is 0.333. The predicted molar refractivity (Wildman–Crippen MR) is 129 cm³/mol. The summed E-state index contributed by atoms with van der Waals surface area (Å²) in [5, 5.41) is 17.2. The maximum atomic E-state index is 13.1. The number of hydrogen-bond acceptors (Lipinski definition) is 6. The fourth-order valence-corrected chi connectivity index (χ4v) is 4.02. The number of nitriles is 1. The van der Waals surface area contributed by atoms with Crippen LogP contribution >= 0.6 is 0 Å². The third-order valence-electron chi connectivity index (χ3n) is 5.86. The number of H-pyrrole nitrogens is 1. The molecule has 0 radical (unpaired) electrons. The highest BCUT2D eigenvalue weighted by atomic mass is 19.4. The molecule has 1 atom stereocenters. The van der Waals surface area contributed by atoms with Gasteiger partial charge in [0.05, 0.1) is 17.8 Å². The first kappa shape index (κ1) is 29.0. The van der Waals surface area contributed by atoms with E-state index in [9.17, 15) is 22.8 Å². The molecule has 2 heterocycles. The Kier molecular flexibility index (Phi) is 11.0. The van der Waals surface area contributed by atoms with E-state index in [0.29, 0.717) is 25.1 Å². The van der Waals surface area contributed by atoms with Crippen LogP contribution in [0, 0.1) is 18.3 Å². The Bertz CT molecular complexity index is 1090. The molecule has 0 aliphatic heterocycles. The minimum atomic E-state index is -4.70. The largest absolute Gasteiger partial charge is 0.422 e. The molecule has 2 aromatic rings. The number of amides is 1. The van der Waals surface area contributed by atoms with Gasteiger partial charge in [-0.2, -0.15) is 23.5 Å². The van der Waals surface area contributed by atoms with Crippen molar-refractivity contribution in [3.05, 3.63) is 56.8 Å². The summed E-state index contributed by atoms with van der Waals surface area (Å²) in [5.74, 6) is -0.255. The Labute approximate surface area is 208 Å². The molecule has 0 bridgehead atoms. The molecule has 0 saturated carbocycles. The zero-order valence-electron chi connectivity index (χ0n) is 20.9. The Morgan fingerprint density at radius 1 is 1.28 bits per heavy atom. The number of nitrogens with one attached hydrogen (secondary N) is 2. The fourth-order valence-electron chi connectivity index (χ4n) is 4.02. The van der Waals surface area contributed by atoms with Crippen molar-refractivity contribution in [2.75, 3.05) is 26.2 Å². The molecule has 1 amide bonds. The van der Waals surface area contributed by atoms with Gasteiger partial charge in [-0.1, -0.05) is 20.3 Å². The van der Waals surface area contributed by atoms with E-state index in [-0.39, 0.29) is 36.0 Å². The normalized spacial score (nSPS) is 14.4. The summed E-state index contributed by atoms with van der Waals surface area (Å²) >= 11 is 0. The molecule has 2 N–H and O–H groups in total. The third-order valence-corrected chi connectivity index (χ3v) is 5.86. The van der Waals surface area contributed by atoms with Crippen LogP contribution in [-0.4, -0.2) is 52.2 Å².